The molecule has 0 spiro atoms. The van der Waals surface area contributed by atoms with Crippen molar-refractivity contribution in [1.82, 2.24) is 4.98 Å². The molecule has 1 aromatic rings. The van der Waals surface area contributed by atoms with Crippen LogP contribution in [0.4, 0.5) is 5.13 Å². The maximum atomic E-state index is 10.4. The van der Waals surface area contributed by atoms with E-state index >= 15 is 0 Å². The Morgan fingerprint density at radius 2 is 2.25 bits per heavy atom. The van der Waals surface area contributed by atoms with Crippen LogP contribution in [0.1, 0.15) is 12.1 Å². The molecule has 0 radical (unpaired) electrons. The number of aliphatic carboxylic acids is 1. The molecule has 2 rings (SSSR count). The van der Waals surface area contributed by atoms with Gasteiger partial charge < -0.3 is 10.0 Å². The molecule has 0 amide bonds. The predicted molar refractivity (Wildman–Crippen MR) is 67.6 cm³/mol. The number of rotatable bonds is 4. The number of hydrogen-bond acceptors (Lipinski definition) is 5. The van der Waals surface area contributed by atoms with Crippen LogP contribution in [0.2, 0.25) is 0 Å². The zero-order valence-electron chi connectivity index (χ0n) is 8.89. The Hall–Kier alpha value is -0.750. The molecule has 0 bridgehead atoms. The van der Waals surface area contributed by atoms with E-state index in [-0.39, 0.29) is 6.42 Å². The van der Waals surface area contributed by atoms with Crippen LogP contribution < -0.4 is 4.90 Å². The van der Waals surface area contributed by atoms with E-state index < -0.39 is 5.97 Å². The summed E-state index contributed by atoms with van der Waals surface area (Å²) in [6.07, 6.45) is 0.702. The molecule has 4 nitrogen and oxygen atoms in total. The van der Waals surface area contributed by atoms with Gasteiger partial charge in [0.1, 0.15) is 0 Å². The number of hydrogen-bond donors (Lipinski definition) is 1. The van der Waals surface area contributed by atoms with Gasteiger partial charge in [-0.3, -0.25) is 4.79 Å². The Labute approximate surface area is 103 Å². The lowest BCUT2D eigenvalue weighted by atomic mass is 10.2. The number of thioether (sulfide) groups is 1. The number of thiazole rings is 1. The van der Waals surface area contributed by atoms with Gasteiger partial charge in [-0.05, 0) is 0 Å². The first kappa shape index (κ1) is 11.7. The molecule has 88 valence electrons. The third-order valence-electron chi connectivity index (χ3n) is 2.42. The van der Waals surface area contributed by atoms with E-state index in [2.05, 4.69) is 9.88 Å². The lowest BCUT2D eigenvalue weighted by Gasteiger charge is -2.25. The van der Waals surface area contributed by atoms with Crippen LogP contribution in [0, 0.1) is 0 Å². The molecular formula is C10H14N2O2S2. The topological polar surface area (TPSA) is 53.4 Å². The van der Waals surface area contributed by atoms with Gasteiger partial charge in [0.15, 0.2) is 5.13 Å². The van der Waals surface area contributed by atoms with Crippen LogP contribution in [-0.4, -0.2) is 40.7 Å². The summed E-state index contributed by atoms with van der Waals surface area (Å²) in [6, 6.07) is 0. The second-order valence-electron chi connectivity index (χ2n) is 3.61. The first-order valence-electron chi connectivity index (χ1n) is 5.24. The Kier molecular flexibility index (Phi) is 4.06. The van der Waals surface area contributed by atoms with Crippen molar-refractivity contribution >= 4 is 34.2 Å². The van der Waals surface area contributed by atoms with Gasteiger partial charge in [-0.25, -0.2) is 4.98 Å². The van der Waals surface area contributed by atoms with E-state index in [0.29, 0.717) is 6.42 Å². The van der Waals surface area contributed by atoms with Crippen LogP contribution in [-0.2, 0) is 11.2 Å². The lowest BCUT2D eigenvalue weighted by molar-refractivity contribution is -0.136. The van der Waals surface area contributed by atoms with E-state index in [0.717, 1.165) is 35.4 Å². The minimum absolute atomic E-state index is 0.166. The second-order valence-corrected chi connectivity index (χ2v) is 5.68. The Balaban J connectivity index is 1.93. The highest BCUT2D eigenvalue weighted by molar-refractivity contribution is 7.99. The van der Waals surface area contributed by atoms with Crippen molar-refractivity contribution in [3.63, 3.8) is 0 Å². The molecule has 1 saturated heterocycles. The summed E-state index contributed by atoms with van der Waals surface area (Å²) >= 11 is 3.59. The van der Waals surface area contributed by atoms with Crippen molar-refractivity contribution < 1.29 is 9.90 Å². The maximum Gasteiger partial charge on any atom is 0.303 e. The van der Waals surface area contributed by atoms with Gasteiger partial charge >= 0.3 is 5.97 Å². The fourth-order valence-electron chi connectivity index (χ4n) is 1.55. The van der Waals surface area contributed by atoms with Crippen molar-refractivity contribution in [3.05, 3.63) is 11.1 Å². The van der Waals surface area contributed by atoms with Gasteiger partial charge in [0.25, 0.3) is 0 Å². The van der Waals surface area contributed by atoms with Crippen LogP contribution in [0.25, 0.3) is 0 Å². The molecule has 1 aromatic heterocycles. The minimum atomic E-state index is -0.760. The lowest BCUT2D eigenvalue weighted by Crippen LogP contribution is -2.32. The predicted octanol–water partition coefficient (Wildman–Crippen LogP) is 1.71. The summed E-state index contributed by atoms with van der Waals surface area (Å²) in [5.41, 5.74) is 0.903. The van der Waals surface area contributed by atoms with Crippen molar-refractivity contribution in [2.75, 3.05) is 29.5 Å². The Morgan fingerprint density at radius 3 is 2.94 bits per heavy atom. The summed E-state index contributed by atoms with van der Waals surface area (Å²) in [5.74, 6) is 1.55. The van der Waals surface area contributed by atoms with E-state index in [1.54, 1.807) is 11.3 Å². The molecule has 6 heteroatoms. The molecule has 1 aliphatic rings. The summed E-state index contributed by atoms with van der Waals surface area (Å²) < 4.78 is 0. The molecular weight excluding hydrogens is 244 g/mol. The molecule has 0 aliphatic carbocycles. The molecule has 1 aliphatic heterocycles. The van der Waals surface area contributed by atoms with Gasteiger partial charge in [-0.1, -0.05) is 0 Å². The Morgan fingerprint density at radius 1 is 1.50 bits per heavy atom. The summed E-state index contributed by atoms with van der Waals surface area (Å²) in [7, 11) is 0. The molecule has 0 aromatic carbocycles. The molecule has 0 unspecified atom stereocenters. The third kappa shape index (κ3) is 3.12. The molecule has 1 N–H and O–H groups in total. The fourth-order valence-corrected chi connectivity index (χ4v) is 3.36. The standard InChI is InChI=1S/C10H14N2O2S2/c13-9(14)2-1-8-7-16-10(11-8)12-3-5-15-6-4-12/h7H,1-6H2,(H,13,14). The van der Waals surface area contributed by atoms with Crippen LogP contribution in [0.15, 0.2) is 5.38 Å². The van der Waals surface area contributed by atoms with Gasteiger partial charge in [0.2, 0.25) is 0 Å². The van der Waals surface area contributed by atoms with Gasteiger partial charge in [-0.15, -0.1) is 11.3 Å². The number of anilines is 1. The largest absolute Gasteiger partial charge is 0.481 e. The summed E-state index contributed by atoms with van der Waals surface area (Å²) in [4.78, 5) is 17.2. The van der Waals surface area contributed by atoms with E-state index in [1.807, 2.05) is 17.1 Å². The number of aryl methyl sites for hydroxylation is 1. The first-order chi connectivity index (χ1) is 7.75. The zero-order valence-corrected chi connectivity index (χ0v) is 10.5. The number of carboxylic acid groups (broad SMARTS) is 1. The van der Waals surface area contributed by atoms with Crippen LogP contribution >= 0.6 is 23.1 Å². The van der Waals surface area contributed by atoms with Crippen molar-refractivity contribution in [2.45, 2.75) is 12.8 Å². The average molecular weight is 258 g/mol. The highest BCUT2D eigenvalue weighted by Crippen LogP contribution is 2.24. The number of carboxylic acids is 1. The Bertz CT molecular complexity index is 361. The van der Waals surface area contributed by atoms with E-state index in [1.165, 1.54) is 0 Å². The molecule has 0 atom stereocenters. The normalized spacial score (nSPS) is 16.4. The molecule has 16 heavy (non-hydrogen) atoms. The SMILES string of the molecule is O=C(O)CCc1csc(N2CCSCC2)n1. The second kappa shape index (κ2) is 5.54. The zero-order chi connectivity index (χ0) is 11.4. The maximum absolute atomic E-state index is 10.4. The molecule has 2 heterocycles. The number of aromatic nitrogens is 1. The van der Waals surface area contributed by atoms with Crippen LogP contribution in [0.5, 0.6) is 0 Å². The fraction of sp³-hybridized carbons (Fsp3) is 0.600. The summed E-state index contributed by atoms with van der Waals surface area (Å²) in [6.45, 7) is 2.10. The average Bonchev–Trinajstić information content (AvgIpc) is 2.76. The summed E-state index contributed by atoms with van der Waals surface area (Å²) in [5, 5.41) is 11.6. The highest BCUT2D eigenvalue weighted by atomic mass is 32.2. The highest BCUT2D eigenvalue weighted by Gasteiger charge is 2.14. The third-order valence-corrected chi connectivity index (χ3v) is 4.31. The minimum Gasteiger partial charge on any atom is -0.481 e. The molecule has 0 saturated carbocycles. The van der Waals surface area contributed by atoms with Gasteiger partial charge in [0, 0.05) is 36.4 Å². The van der Waals surface area contributed by atoms with E-state index in [9.17, 15) is 4.79 Å². The number of carbonyl (C=O) groups is 1. The van der Waals surface area contributed by atoms with Crippen molar-refractivity contribution in [2.24, 2.45) is 0 Å². The van der Waals surface area contributed by atoms with E-state index in [4.69, 9.17) is 5.11 Å². The van der Waals surface area contributed by atoms with Crippen molar-refractivity contribution in [3.8, 4) is 0 Å². The molecule has 1 fully saturated rings. The monoisotopic (exact) mass is 258 g/mol. The smallest absolute Gasteiger partial charge is 0.303 e. The van der Waals surface area contributed by atoms with Crippen molar-refractivity contribution in [1.29, 1.82) is 0 Å². The van der Waals surface area contributed by atoms with Gasteiger partial charge in [0.05, 0.1) is 12.1 Å². The van der Waals surface area contributed by atoms with Crippen LogP contribution in [0.3, 0.4) is 0 Å². The quantitative estimate of drug-likeness (QED) is 0.891. The number of nitrogens with zero attached hydrogens (tertiary/aromatic N) is 2. The first-order valence-corrected chi connectivity index (χ1v) is 7.28. The van der Waals surface area contributed by atoms with Gasteiger partial charge in [-0.2, -0.15) is 11.8 Å².